The summed E-state index contributed by atoms with van der Waals surface area (Å²) >= 11 is 0. The molecule has 126 valence electrons. The number of carbonyl (C=O) groups excluding carboxylic acids is 2. The second-order valence-electron chi connectivity index (χ2n) is 7.31. The first kappa shape index (κ1) is 14.7. The number of rotatable bonds is 3. The van der Waals surface area contributed by atoms with Crippen LogP contribution in [-0.4, -0.2) is 11.8 Å². The van der Waals surface area contributed by atoms with Gasteiger partial charge in [0.1, 0.15) is 11.5 Å². The second-order valence-corrected chi connectivity index (χ2v) is 7.31. The summed E-state index contributed by atoms with van der Waals surface area (Å²) < 4.78 is 5.78. The van der Waals surface area contributed by atoms with Crippen LogP contribution >= 0.6 is 0 Å². The number of carbonyl (C=O) groups is 2. The van der Waals surface area contributed by atoms with Gasteiger partial charge >= 0.3 is 0 Å². The van der Waals surface area contributed by atoms with Gasteiger partial charge in [-0.25, -0.2) is 0 Å². The Kier molecular flexibility index (Phi) is 3.20. The summed E-state index contributed by atoms with van der Waals surface area (Å²) in [6.45, 7) is 0. The summed E-state index contributed by atoms with van der Waals surface area (Å²) in [6.07, 6.45) is 3.26. The Morgan fingerprint density at radius 3 is 1.92 bits per heavy atom. The van der Waals surface area contributed by atoms with Crippen molar-refractivity contribution in [1.82, 2.24) is 0 Å². The van der Waals surface area contributed by atoms with E-state index in [1.165, 1.54) is 4.90 Å². The molecule has 3 fully saturated rings. The van der Waals surface area contributed by atoms with E-state index in [4.69, 9.17) is 4.74 Å². The van der Waals surface area contributed by atoms with Crippen LogP contribution in [0.4, 0.5) is 5.69 Å². The van der Waals surface area contributed by atoms with Crippen LogP contribution in [0.15, 0.2) is 54.6 Å². The minimum absolute atomic E-state index is 0.000993. The number of hydrogen-bond acceptors (Lipinski definition) is 3. The molecule has 3 aliphatic rings. The average Bonchev–Trinajstić information content (AvgIpc) is 3.31. The van der Waals surface area contributed by atoms with E-state index in [9.17, 15) is 9.59 Å². The molecule has 2 saturated carbocycles. The third-order valence-corrected chi connectivity index (χ3v) is 6.00. The van der Waals surface area contributed by atoms with Gasteiger partial charge in [0.05, 0.1) is 17.5 Å². The van der Waals surface area contributed by atoms with Crippen molar-refractivity contribution in [3.8, 4) is 11.5 Å². The third kappa shape index (κ3) is 2.20. The molecule has 25 heavy (non-hydrogen) atoms. The molecule has 0 aromatic heterocycles. The molecule has 2 bridgehead atoms. The Morgan fingerprint density at radius 1 is 0.760 bits per heavy atom. The Labute approximate surface area is 146 Å². The van der Waals surface area contributed by atoms with E-state index in [1.807, 2.05) is 42.5 Å². The quantitative estimate of drug-likeness (QED) is 0.797. The van der Waals surface area contributed by atoms with Gasteiger partial charge in [0, 0.05) is 0 Å². The number of benzene rings is 2. The highest BCUT2D eigenvalue weighted by molar-refractivity contribution is 6.22. The molecule has 4 atom stereocenters. The van der Waals surface area contributed by atoms with Crippen LogP contribution in [-0.2, 0) is 9.59 Å². The van der Waals surface area contributed by atoms with E-state index in [0.29, 0.717) is 23.3 Å². The highest BCUT2D eigenvalue weighted by Crippen LogP contribution is 2.56. The van der Waals surface area contributed by atoms with Crippen LogP contribution in [0.25, 0.3) is 0 Å². The van der Waals surface area contributed by atoms with Crippen molar-refractivity contribution in [3.05, 3.63) is 54.6 Å². The number of ether oxygens (including phenoxy) is 1. The molecule has 0 unspecified atom stereocenters. The first-order chi connectivity index (χ1) is 12.2. The molecule has 5 rings (SSSR count). The summed E-state index contributed by atoms with van der Waals surface area (Å²) in [5.41, 5.74) is 0.657. The number of imide groups is 1. The van der Waals surface area contributed by atoms with E-state index in [1.54, 1.807) is 12.1 Å². The number of nitrogens with zero attached hydrogens (tertiary/aromatic N) is 1. The van der Waals surface area contributed by atoms with E-state index in [-0.39, 0.29) is 23.7 Å². The number of amides is 2. The smallest absolute Gasteiger partial charge is 0.237 e. The zero-order valence-electron chi connectivity index (χ0n) is 13.8. The summed E-state index contributed by atoms with van der Waals surface area (Å²) in [7, 11) is 0. The standard InChI is InChI=1S/C21H19NO3/c23-20-18-13-6-7-14(12-13)19(18)21(24)22(20)15-8-10-17(11-9-15)25-16-4-2-1-3-5-16/h1-5,8-11,13-14,18-19H,6-7,12H2/t13-,14+,18+,19-. The third-order valence-electron chi connectivity index (χ3n) is 6.00. The molecule has 0 radical (unpaired) electrons. The predicted molar refractivity (Wildman–Crippen MR) is 93.3 cm³/mol. The molecule has 1 aliphatic heterocycles. The lowest BCUT2D eigenvalue weighted by Crippen LogP contribution is -2.32. The van der Waals surface area contributed by atoms with E-state index in [2.05, 4.69) is 0 Å². The van der Waals surface area contributed by atoms with Crippen LogP contribution in [0.3, 0.4) is 0 Å². The summed E-state index contributed by atoms with van der Waals surface area (Å²) in [5.74, 6) is 2.12. The molecule has 2 amide bonds. The molecule has 4 nitrogen and oxygen atoms in total. The minimum atomic E-state index is -0.0773. The second kappa shape index (κ2) is 5.45. The monoisotopic (exact) mass is 333 g/mol. The van der Waals surface area contributed by atoms with Crippen LogP contribution in [0.1, 0.15) is 19.3 Å². The molecular formula is C21H19NO3. The summed E-state index contributed by atoms with van der Waals surface area (Å²) in [6, 6.07) is 16.8. The van der Waals surface area contributed by atoms with Gasteiger partial charge in [-0.2, -0.15) is 0 Å². The highest BCUT2D eigenvalue weighted by Gasteiger charge is 2.61. The fraction of sp³-hybridized carbons (Fsp3) is 0.333. The van der Waals surface area contributed by atoms with Crippen molar-refractivity contribution in [3.63, 3.8) is 0 Å². The van der Waals surface area contributed by atoms with Crippen LogP contribution in [0, 0.1) is 23.7 Å². The summed E-state index contributed by atoms with van der Waals surface area (Å²) in [4.78, 5) is 27.1. The van der Waals surface area contributed by atoms with Crippen LogP contribution in [0.2, 0.25) is 0 Å². The van der Waals surface area contributed by atoms with E-state index >= 15 is 0 Å². The molecule has 0 N–H and O–H groups in total. The highest BCUT2D eigenvalue weighted by atomic mass is 16.5. The molecule has 4 heteroatoms. The lowest BCUT2D eigenvalue weighted by Gasteiger charge is -2.19. The first-order valence-electron chi connectivity index (χ1n) is 8.93. The Balaban J connectivity index is 1.39. The number of hydrogen-bond donors (Lipinski definition) is 0. The number of para-hydroxylation sites is 1. The van der Waals surface area contributed by atoms with Gasteiger partial charge < -0.3 is 4.74 Å². The van der Waals surface area contributed by atoms with Gasteiger partial charge in [0.25, 0.3) is 0 Å². The van der Waals surface area contributed by atoms with E-state index in [0.717, 1.165) is 25.0 Å². The van der Waals surface area contributed by atoms with Crippen LogP contribution in [0.5, 0.6) is 11.5 Å². The Hall–Kier alpha value is -2.62. The number of fused-ring (bicyclic) bond motifs is 5. The van der Waals surface area contributed by atoms with Gasteiger partial charge in [-0.05, 0) is 67.5 Å². The zero-order valence-corrected chi connectivity index (χ0v) is 13.8. The SMILES string of the molecule is O=C1[C@@H]2[C@H]3CC[C@H](C3)[C@@H]2C(=O)N1c1ccc(Oc2ccccc2)cc1. The van der Waals surface area contributed by atoms with Crippen molar-refractivity contribution in [2.45, 2.75) is 19.3 Å². The van der Waals surface area contributed by atoms with Crippen molar-refractivity contribution in [2.24, 2.45) is 23.7 Å². The maximum atomic E-state index is 12.8. The molecule has 2 aromatic carbocycles. The van der Waals surface area contributed by atoms with Gasteiger partial charge in [-0.15, -0.1) is 0 Å². The van der Waals surface area contributed by atoms with Gasteiger partial charge in [-0.1, -0.05) is 18.2 Å². The summed E-state index contributed by atoms with van der Waals surface area (Å²) in [5, 5.41) is 0. The zero-order chi connectivity index (χ0) is 17.0. The van der Waals surface area contributed by atoms with Crippen molar-refractivity contribution >= 4 is 17.5 Å². The minimum Gasteiger partial charge on any atom is -0.457 e. The number of anilines is 1. The fourth-order valence-corrected chi connectivity index (χ4v) is 4.95. The molecule has 0 spiro atoms. The van der Waals surface area contributed by atoms with Crippen molar-refractivity contribution in [1.29, 1.82) is 0 Å². The van der Waals surface area contributed by atoms with Gasteiger partial charge in [0.2, 0.25) is 11.8 Å². The normalized spacial score (nSPS) is 30.0. The molecule has 2 aliphatic carbocycles. The molecule has 1 saturated heterocycles. The maximum Gasteiger partial charge on any atom is 0.237 e. The van der Waals surface area contributed by atoms with Crippen LogP contribution < -0.4 is 9.64 Å². The van der Waals surface area contributed by atoms with Crippen molar-refractivity contribution in [2.75, 3.05) is 4.90 Å². The van der Waals surface area contributed by atoms with Crippen molar-refractivity contribution < 1.29 is 14.3 Å². The fourth-order valence-electron chi connectivity index (χ4n) is 4.95. The van der Waals surface area contributed by atoms with E-state index < -0.39 is 0 Å². The van der Waals surface area contributed by atoms with Gasteiger partial charge in [0.15, 0.2) is 0 Å². The lowest BCUT2D eigenvalue weighted by molar-refractivity contribution is -0.123. The Morgan fingerprint density at radius 2 is 1.32 bits per heavy atom. The molecular weight excluding hydrogens is 314 g/mol. The molecule has 1 heterocycles. The topological polar surface area (TPSA) is 46.6 Å². The largest absolute Gasteiger partial charge is 0.457 e. The lowest BCUT2D eigenvalue weighted by atomic mass is 9.81. The first-order valence-corrected chi connectivity index (χ1v) is 8.93. The van der Waals surface area contributed by atoms with Gasteiger partial charge in [-0.3, -0.25) is 14.5 Å². The predicted octanol–water partition coefficient (Wildman–Crippen LogP) is 4.01. The average molecular weight is 333 g/mol. The molecule has 2 aromatic rings. The maximum absolute atomic E-state index is 12.8. The Bertz CT molecular complexity index is 802.